The van der Waals surface area contributed by atoms with Crippen LogP contribution in [-0.2, 0) is 25.8 Å². The van der Waals surface area contributed by atoms with Crippen molar-refractivity contribution in [3.05, 3.63) is 40.5 Å². The molecule has 1 aliphatic carbocycles. The molecule has 0 aromatic carbocycles. The molecule has 0 spiro atoms. The Bertz CT molecular complexity index is 1180. The Balaban J connectivity index is 1.48. The number of thiophene rings is 1. The summed E-state index contributed by atoms with van der Waals surface area (Å²) in [4.78, 5) is 12.2. The smallest absolute Gasteiger partial charge is 0.167 e. The number of hydrogen-bond acceptors (Lipinski definition) is 5. The van der Waals surface area contributed by atoms with Gasteiger partial charge in [-0.2, -0.15) is 5.10 Å². The molecule has 1 aliphatic rings. The fourth-order valence-corrected chi connectivity index (χ4v) is 5.74. The molecular formula is C22H28N6S. The first-order valence-corrected chi connectivity index (χ1v) is 11.4. The van der Waals surface area contributed by atoms with Gasteiger partial charge in [0.1, 0.15) is 11.2 Å². The van der Waals surface area contributed by atoms with Crippen LogP contribution in [0.1, 0.15) is 55.6 Å². The SMILES string of the molecule is CCC(C)(C)[C@@H]1CCc2c(sc3ncn4nc(CCn5ccc(C)n5)nc4c23)C1. The topological polar surface area (TPSA) is 60.9 Å². The van der Waals surface area contributed by atoms with Gasteiger partial charge in [0.15, 0.2) is 11.5 Å². The number of aromatic nitrogens is 6. The van der Waals surface area contributed by atoms with Crippen molar-refractivity contribution in [2.75, 3.05) is 0 Å². The molecule has 6 nitrogen and oxygen atoms in total. The molecule has 4 heterocycles. The monoisotopic (exact) mass is 408 g/mol. The number of rotatable bonds is 5. The Kier molecular flexibility index (Phi) is 4.46. The minimum Gasteiger partial charge on any atom is -0.272 e. The maximum Gasteiger partial charge on any atom is 0.167 e. The lowest BCUT2D eigenvalue weighted by atomic mass is 9.70. The molecule has 152 valence electrons. The zero-order chi connectivity index (χ0) is 20.2. The van der Waals surface area contributed by atoms with Crippen LogP contribution in [0.15, 0.2) is 18.6 Å². The molecule has 4 aromatic rings. The van der Waals surface area contributed by atoms with Crippen molar-refractivity contribution >= 4 is 27.2 Å². The third kappa shape index (κ3) is 3.25. The van der Waals surface area contributed by atoms with Crippen LogP contribution in [0, 0.1) is 18.3 Å². The van der Waals surface area contributed by atoms with Crippen molar-refractivity contribution < 1.29 is 0 Å². The average molecular weight is 409 g/mol. The van der Waals surface area contributed by atoms with E-state index in [4.69, 9.17) is 9.97 Å². The molecule has 0 bridgehead atoms. The molecule has 0 saturated carbocycles. The van der Waals surface area contributed by atoms with E-state index in [0.29, 0.717) is 5.41 Å². The van der Waals surface area contributed by atoms with Crippen LogP contribution in [0.3, 0.4) is 0 Å². The largest absolute Gasteiger partial charge is 0.272 e. The van der Waals surface area contributed by atoms with Crippen LogP contribution >= 0.6 is 11.3 Å². The molecule has 0 radical (unpaired) electrons. The van der Waals surface area contributed by atoms with Crippen LogP contribution < -0.4 is 0 Å². The quantitative estimate of drug-likeness (QED) is 0.483. The van der Waals surface area contributed by atoms with Gasteiger partial charge in [0.25, 0.3) is 0 Å². The fourth-order valence-electron chi connectivity index (χ4n) is 4.48. The second-order valence-electron chi connectivity index (χ2n) is 8.98. The second-order valence-corrected chi connectivity index (χ2v) is 10.1. The molecule has 7 heteroatoms. The van der Waals surface area contributed by atoms with E-state index in [1.807, 2.05) is 46.0 Å². The van der Waals surface area contributed by atoms with E-state index in [1.165, 1.54) is 35.1 Å². The van der Waals surface area contributed by atoms with Gasteiger partial charge >= 0.3 is 0 Å². The highest BCUT2D eigenvalue weighted by molar-refractivity contribution is 7.19. The van der Waals surface area contributed by atoms with E-state index in [9.17, 15) is 0 Å². The minimum atomic E-state index is 0.392. The molecule has 0 aliphatic heterocycles. The molecule has 0 N–H and O–H groups in total. The Labute approximate surface area is 175 Å². The lowest BCUT2D eigenvalue weighted by Crippen LogP contribution is -2.28. The van der Waals surface area contributed by atoms with E-state index in [1.54, 1.807) is 0 Å². The molecular weight excluding hydrogens is 380 g/mol. The van der Waals surface area contributed by atoms with Crippen molar-refractivity contribution in [3.63, 3.8) is 0 Å². The van der Waals surface area contributed by atoms with Gasteiger partial charge in [-0.25, -0.2) is 14.5 Å². The summed E-state index contributed by atoms with van der Waals surface area (Å²) in [5, 5.41) is 10.4. The van der Waals surface area contributed by atoms with Crippen LogP contribution in [0.25, 0.3) is 15.9 Å². The van der Waals surface area contributed by atoms with Gasteiger partial charge in [0.05, 0.1) is 11.1 Å². The molecule has 0 fully saturated rings. The van der Waals surface area contributed by atoms with E-state index in [0.717, 1.165) is 47.3 Å². The standard InChI is InChI=1S/C22H28N6S/c1-5-22(3,4)15-6-7-16-17(12-15)29-21-19(16)20-24-18(26-28(20)13-23-21)9-11-27-10-8-14(2)25-27/h8,10,13,15H,5-7,9,11-12H2,1-4H3/t15-/m1/s1. The third-order valence-electron chi connectivity index (χ3n) is 6.78. The normalized spacial score (nSPS) is 17.3. The van der Waals surface area contributed by atoms with Gasteiger partial charge in [-0.3, -0.25) is 4.68 Å². The molecule has 29 heavy (non-hydrogen) atoms. The minimum absolute atomic E-state index is 0.392. The average Bonchev–Trinajstić information content (AvgIpc) is 3.40. The maximum atomic E-state index is 4.90. The maximum absolute atomic E-state index is 4.90. The summed E-state index contributed by atoms with van der Waals surface area (Å²) in [6.07, 6.45) is 9.37. The molecule has 0 saturated heterocycles. The molecule has 0 unspecified atom stereocenters. The molecule has 0 amide bonds. The van der Waals surface area contributed by atoms with Crippen LogP contribution in [0.5, 0.6) is 0 Å². The summed E-state index contributed by atoms with van der Waals surface area (Å²) in [5.41, 5.74) is 3.86. The predicted molar refractivity (Wildman–Crippen MR) is 116 cm³/mol. The highest BCUT2D eigenvalue weighted by Crippen LogP contribution is 2.44. The van der Waals surface area contributed by atoms with Gasteiger partial charge in [-0.15, -0.1) is 16.4 Å². The zero-order valence-corrected chi connectivity index (χ0v) is 18.5. The number of nitrogens with zero attached hydrogens (tertiary/aromatic N) is 6. The second kappa shape index (κ2) is 6.90. The lowest BCUT2D eigenvalue weighted by Gasteiger charge is -2.36. The first kappa shape index (κ1) is 18.7. The first-order chi connectivity index (χ1) is 13.9. The van der Waals surface area contributed by atoms with Crippen molar-refractivity contribution in [1.29, 1.82) is 0 Å². The van der Waals surface area contributed by atoms with E-state index >= 15 is 0 Å². The Morgan fingerprint density at radius 3 is 2.90 bits per heavy atom. The Morgan fingerprint density at radius 1 is 1.28 bits per heavy atom. The Morgan fingerprint density at radius 2 is 2.14 bits per heavy atom. The Hall–Kier alpha value is -2.28. The number of aryl methyl sites for hydroxylation is 4. The van der Waals surface area contributed by atoms with Gasteiger partial charge in [-0.05, 0) is 49.1 Å². The molecule has 5 rings (SSSR count). The third-order valence-corrected chi connectivity index (χ3v) is 7.95. The van der Waals surface area contributed by atoms with E-state index < -0.39 is 0 Å². The highest BCUT2D eigenvalue weighted by atomic mass is 32.1. The van der Waals surface area contributed by atoms with Crippen LogP contribution in [-0.4, -0.2) is 29.4 Å². The summed E-state index contributed by atoms with van der Waals surface area (Å²) >= 11 is 1.86. The first-order valence-electron chi connectivity index (χ1n) is 10.6. The summed E-state index contributed by atoms with van der Waals surface area (Å²) in [5.74, 6) is 1.60. The van der Waals surface area contributed by atoms with Crippen molar-refractivity contribution in [2.45, 2.75) is 66.3 Å². The van der Waals surface area contributed by atoms with Crippen molar-refractivity contribution in [3.8, 4) is 0 Å². The fraction of sp³-hybridized carbons (Fsp3) is 0.545. The molecule has 1 atom stereocenters. The van der Waals surface area contributed by atoms with Crippen LogP contribution in [0.2, 0.25) is 0 Å². The van der Waals surface area contributed by atoms with E-state index in [-0.39, 0.29) is 0 Å². The summed E-state index contributed by atoms with van der Waals surface area (Å²) < 4.78 is 3.82. The number of fused-ring (bicyclic) bond motifs is 5. The van der Waals surface area contributed by atoms with Gasteiger partial charge in [-0.1, -0.05) is 27.2 Å². The van der Waals surface area contributed by atoms with Crippen LogP contribution in [0.4, 0.5) is 0 Å². The van der Waals surface area contributed by atoms with Gasteiger partial charge in [0.2, 0.25) is 0 Å². The van der Waals surface area contributed by atoms with Crippen molar-refractivity contribution in [2.24, 2.45) is 11.3 Å². The van der Waals surface area contributed by atoms with Crippen molar-refractivity contribution in [1.82, 2.24) is 29.4 Å². The highest BCUT2D eigenvalue weighted by Gasteiger charge is 2.33. The molecule has 4 aromatic heterocycles. The lowest BCUT2D eigenvalue weighted by molar-refractivity contribution is 0.184. The number of hydrogen-bond donors (Lipinski definition) is 0. The zero-order valence-electron chi connectivity index (χ0n) is 17.6. The summed E-state index contributed by atoms with van der Waals surface area (Å²) in [6, 6.07) is 2.02. The van der Waals surface area contributed by atoms with Gasteiger partial charge in [0, 0.05) is 24.0 Å². The summed E-state index contributed by atoms with van der Waals surface area (Å²) in [6.45, 7) is 9.94. The van der Waals surface area contributed by atoms with E-state index in [2.05, 4.69) is 31.0 Å². The predicted octanol–water partition coefficient (Wildman–Crippen LogP) is 4.63. The summed E-state index contributed by atoms with van der Waals surface area (Å²) in [7, 11) is 0. The van der Waals surface area contributed by atoms with Gasteiger partial charge < -0.3 is 0 Å².